The second-order valence-electron chi connectivity index (χ2n) is 8.04. The first-order chi connectivity index (χ1) is 16.8. The normalized spacial score (nSPS) is 8.91. The summed E-state index contributed by atoms with van der Waals surface area (Å²) in [5.41, 5.74) is 5.16. The van der Waals surface area contributed by atoms with Crippen molar-refractivity contribution in [2.45, 2.75) is 80.6 Å². The first-order valence-corrected chi connectivity index (χ1v) is 12.7. The Morgan fingerprint density at radius 3 is 1.31 bits per heavy atom. The quantitative estimate of drug-likeness (QED) is 0.217. The number of rotatable bonds is 6. The molecule has 35 heavy (non-hydrogen) atoms. The lowest BCUT2D eigenvalue weighted by Crippen LogP contribution is -1.86. The van der Waals surface area contributed by atoms with Crippen LogP contribution in [-0.2, 0) is 0 Å². The van der Waals surface area contributed by atoms with Crippen LogP contribution in [-0.4, -0.2) is 16.6 Å². The molecule has 3 aromatic carbocycles. The van der Waals surface area contributed by atoms with Gasteiger partial charge in [0.15, 0.2) is 0 Å². The number of aliphatic hydroxyl groups is 1. The van der Waals surface area contributed by atoms with Crippen LogP contribution in [0, 0.1) is 37.8 Å². The molecule has 0 aliphatic carbocycles. The number of hydrogen-bond donors (Lipinski definition) is 1. The monoisotopic (exact) mass is 481 g/mol. The Balaban J connectivity index is 0. The molecule has 0 atom stereocenters. The summed E-state index contributed by atoms with van der Waals surface area (Å²) < 4.78 is 0. The third-order valence-electron chi connectivity index (χ3n) is 4.67. The van der Waals surface area contributed by atoms with Crippen molar-refractivity contribution in [3.8, 4) is 0 Å². The van der Waals surface area contributed by atoms with Crippen LogP contribution in [0.5, 0.6) is 0 Å². The van der Waals surface area contributed by atoms with E-state index in [-0.39, 0.29) is 5.69 Å². The van der Waals surface area contributed by atoms with Crippen molar-refractivity contribution >= 4 is 5.69 Å². The summed E-state index contributed by atoms with van der Waals surface area (Å²) in [4.78, 5) is 9.71. The molecule has 0 saturated heterocycles. The number of unbranched alkanes of at least 4 members (excludes halogenated alkanes) is 4. The van der Waals surface area contributed by atoms with E-state index < -0.39 is 4.92 Å². The van der Waals surface area contributed by atoms with Crippen molar-refractivity contribution in [1.82, 2.24) is 0 Å². The van der Waals surface area contributed by atoms with E-state index in [2.05, 4.69) is 64.1 Å². The molecule has 0 saturated carbocycles. The van der Waals surface area contributed by atoms with Crippen molar-refractivity contribution in [2.75, 3.05) is 6.61 Å². The second-order valence-corrected chi connectivity index (χ2v) is 8.04. The van der Waals surface area contributed by atoms with Gasteiger partial charge in [-0.25, -0.2) is 0 Å². The van der Waals surface area contributed by atoms with Crippen molar-refractivity contribution in [3.05, 3.63) is 111 Å². The summed E-state index contributed by atoms with van der Waals surface area (Å²) >= 11 is 0. The molecule has 0 bridgehead atoms. The summed E-state index contributed by atoms with van der Waals surface area (Å²) in [7, 11) is 0. The molecule has 0 aromatic heterocycles. The first-order valence-electron chi connectivity index (χ1n) is 12.7. The summed E-state index contributed by atoms with van der Waals surface area (Å²) in [5, 5.41) is 18.5. The summed E-state index contributed by atoms with van der Waals surface area (Å²) in [6, 6.07) is 25.2. The van der Waals surface area contributed by atoms with Crippen LogP contribution in [0.15, 0.2) is 78.9 Å². The van der Waals surface area contributed by atoms with E-state index in [9.17, 15) is 10.1 Å². The topological polar surface area (TPSA) is 63.4 Å². The minimum absolute atomic E-state index is 0.144. The number of benzene rings is 3. The smallest absolute Gasteiger partial charge is 0.269 e. The number of nitrogens with zero attached hydrogens (tertiary/aromatic N) is 1. The fourth-order valence-electron chi connectivity index (χ4n) is 2.55. The van der Waals surface area contributed by atoms with Crippen molar-refractivity contribution in [2.24, 2.45) is 0 Å². The molecule has 0 fully saturated rings. The van der Waals surface area contributed by atoms with Crippen molar-refractivity contribution in [1.29, 1.82) is 0 Å². The Morgan fingerprint density at radius 2 is 1.00 bits per heavy atom. The third-order valence-corrected chi connectivity index (χ3v) is 4.67. The average Bonchev–Trinajstić information content (AvgIpc) is 2.87. The zero-order valence-corrected chi connectivity index (χ0v) is 23.0. The summed E-state index contributed by atoms with van der Waals surface area (Å²) in [6.07, 6.45) is 6.08. The van der Waals surface area contributed by atoms with E-state index in [0.29, 0.717) is 6.61 Å². The van der Waals surface area contributed by atoms with Gasteiger partial charge in [-0.05, 0) is 34.1 Å². The largest absolute Gasteiger partial charge is 0.396 e. The fraction of sp³-hybridized carbons (Fsp3) is 0.419. The molecule has 1 N–H and O–H groups in total. The maximum Gasteiger partial charge on any atom is 0.269 e. The highest BCUT2D eigenvalue weighted by atomic mass is 16.6. The molecule has 4 heteroatoms. The molecule has 194 valence electrons. The van der Waals surface area contributed by atoms with Gasteiger partial charge < -0.3 is 5.11 Å². The van der Waals surface area contributed by atoms with Crippen LogP contribution < -0.4 is 0 Å². The molecule has 0 aliphatic rings. The maximum atomic E-state index is 10.1. The van der Waals surface area contributed by atoms with E-state index in [1.807, 2.05) is 39.0 Å². The number of aryl methyl sites for hydroxylation is 4. The van der Waals surface area contributed by atoms with E-state index in [4.69, 9.17) is 5.11 Å². The van der Waals surface area contributed by atoms with Gasteiger partial charge in [0.25, 0.3) is 5.69 Å². The highest BCUT2D eigenvalue weighted by Crippen LogP contribution is 2.10. The van der Waals surface area contributed by atoms with Gasteiger partial charge in [-0.2, -0.15) is 0 Å². The lowest BCUT2D eigenvalue weighted by molar-refractivity contribution is -0.384. The number of aliphatic hydroxyl groups excluding tert-OH is 1. The van der Waals surface area contributed by atoms with Gasteiger partial charge in [-0.1, -0.05) is 135 Å². The van der Waals surface area contributed by atoms with Gasteiger partial charge in [0.2, 0.25) is 0 Å². The summed E-state index contributed by atoms with van der Waals surface area (Å²) in [6.45, 7) is 14.7. The highest BCUT2D eigenvalue weighted by Gasteiger charge is 2.00. The van der Waals surface area contributed by atoms with Gasteiger partial charge in [0.05, 0.1) is 4.92 Å². The molecule has 0 radical (unpaired) electrons. The summed E-state index contributed by atoms with van der Waals surface area (Å²) in [5.74, 6) is 0. The van der Waals surface area contributed by atoms with Crippen LogP contribution in [0.4, 0.5) is 5.69 Å². The van der Waals surface area contributed by atoms with Crippen LogP contribution in [0.3, 0.4) is 0 Å². The Hall–Kier alpha value is -2.98. The van der Waals surface area contributed by atoms with Crippen LogP contribution in [0.1, 0.15) is 75.1 Å². The lowest BCUT2D eigenvalue weighted by atomic mass is 10.2. The van der Waals surface area contributed by atoms with Gasteiger partial charge in [-0.15, -0.1) is 0 Å². The maximum absolute atomic E-state index is 10.1. The van der Waals surface area contributed by atoms with Gasteiger partial charge in [0, 0.05) is 18.7 Å². The van der Waals surface area contributed by atoms with Crippen LogP contribution in [0.2, 0.25) is 0 Å². The van der Waals surface area contributed by atoms with Gasteiger partial charge in [-0.3, -0.25) is 10.1 Å². The predicted octanol–water partition coefficient (Wildman–Crippen LogP) is 9.18. The van der Waals surface area contributed by atoms with E-state index in [1.165, 1.54) is 54.5 Å². The Labute approximate surface area is 214 Å². The number of nitro benzene ring substituents is 1. The van der Waals surface area contributed by atoms with Gasteiger partial charge >= 0.3 is 0 Å². The lowest BCUT2D eigenvalue weighted by Gasteiger charge is -1.93. The molecule has 0 heterocycles. The minimum Gasteiger partial charge on any atom is -0.396 e. The zero-order chi connectivity index (χ0) is 26.9. The molecule has 0 unspecified atom stereocenters. The first kappa shape index (κ1) is 34.2. The van der Waals surface area contributed by atoms with Crippen molar-refractivity contribution in [3.63, 3.8) is 0 Å². The molecular weight excluding hydrogens is 434 g/mol. The molecular formula is C31H47NO3. The number of non-ortho nitro benzene ring substituents is 1. The zero-order valence-electron chi connectivity index (χ0n) is 23.0. The van der Waals surface area contributed by atoms with Gasteiger partial charge in [0.1, 0.15) is 0 Å². The molecule has 4 nitrogen and oxygen atoms in total. The number of nitro groups is 1. The van der Waals surface area contributed by atoms with Crippen LogP contribution in [0.25, 0.3) is 0 Å². The molecule has 0 amide bonds. The standard InChI is InChI=1S/C8H10.C7H7NO2.C7H16O.C7H8.C2H6/c1-7-3-5-8(2)6-4-7;1-6-2-4-7(5-3-6)8(9)10;1-2-3-4-5-6-7-8;1-7-5-3-2-4-6-7;1-2/h3-6H,1-2H3;2-5H,1H3;8H,2-7H2,1H3;2-6H,1H3;1-2H3. The Bertz CT molecular complexity index is 818. The van der Waals surface area contributed by atoms with Crippen LogP contribution >= 0.6 is 0 Å². The van der Waals surface area contributed by atoms with E-state index in [0.717, 1.165) is 12.0 Å². The van der Waals surface area contributed by atoms with E-state index in [1.54, 1.807) is 12.1 Å². The predicted molar refractivity (Wildman–Crippen MR) is 152 cm³/mol. The number of hydrogen-bond acceptors (Lipinski definition) is 3. The molecule has 3 aromatic rings. The fourth-order valence-corrected chi connectivity index (χ4v) is 2.55. The second kappa shape index (κ2) is 24.2. The molecule has 0 spiro atoms. The Kier molecular flexibility index (Phi) is 23.6. The molecule has 0 aliphatic heterocycles. The Morgan fingerprint density at radius 1 is 0.629 bits per heavy atom. The minimum atomic E-state index is -0.403. The molecule has 3 rings (SSSR count). The van der Waals surface area contributed by atoms with E-state index >= 15 is 0 Å². The van der Waals surface area contributed by atoms with Crippen molar-refractivity contribution < 1.29 is 10.0 Å². The SMILES string of the molecule is CC.CCCCCCCO.Cc1ccc(C)cc1.Cc1ccc([N+](=O)[O-])cc1.Cc1ccccc1. The highest BCUT2D eigenvalue weighted by molar-refractivity contribution is 5.32. The average molecular weight is 482 g/mol. The third kappa shape index (κ3) is 22.6.